The average Bonchev–Trinajstić information content (AvgIpc) is 2.86. The fourth-order valence-corrected chi connectivity index (χ4v) is 3.09. The van der Waals surface area contributed by atoms with Gasteiger partial charge in [-0.3, -0.25) is 4.79 Å². The third-order valence-electron chi connectivity index (χ3n) is 4.34. The normalized spacial score (nSPS) is 9.56. The Bertz CT molecular complexity index is 1050. The van der Waals surface area contributed by atoms with E-state index in [0.29, 0.717) is 30.0 Å². The zero-order chi connectivity index (χ0) is 25.3. The number of ether oxygens (including phenoxy) is 1. The van der Waals surface area contributed by atoms with Crippen LogP contribution in [-0.2, 0) is 4.79 Å². The molecule has 0 bridgehead atoms. The van der Waals surface area contributed by atoms with Crippen LogP contribution in [-0.4, -0.2) is 29.4 Å². The molecular weight excluding hydrogens is 476 g/mol. The number of halogens is 3. The summed E-state index contributed by atoms with van der Waals surface area (Å²) >= 11 is 9.95. The highest BCUT2D eigenvalue weighted by Crippen LogP contribution is 2.29. The Hall–Kier alpha value is -2.91. The molecular formula is C27H28Cl2FNO3. The van der Waals surface area contributed by atoms with Crippen LogP contribution in [0.4, 0.5) is 4.39 Å². The number of aliphatic hydroxyl groups excluding tert-OH is 1. The summed E-state index contributed by atoms with van der Waals surface area (Å²) in [5.41, 5.74) is 3.46. The van der Waals surface area contributed by atoms with Crippen molar-refractivity contribution in [3.05, 3.63) is 78.1 Å². The Morgan fingerprint density at radius 1 is 1.00 bits per heavy atom. The van der Waals surface area contributed by atoms with Crippen molar-refractivity contribution in [3.8, 4) is 34.1 Å². The molecule has 34 heavy (non-hydrogen) atoms. The molecule has 0 spiro atoms. The van der Waals surface area contributed by atoms with Crippen molar-refractivity contribution in [1.82, 2.24) is 0 Å². The van der Waals surface area contributed by atoms with Crippen LogP contribution in [0, 0.1) is 17.1 Å². The number of carbonyl (C=O) groups is 1. The Morgan fingerprint density at radius 3 is 2.06 bits per heavy atom. The van der Waals surface area contributed by atoms with E-state index in [9.17, 15) is 9.18 Å². The van der Waals surface area contributed by atoms with Crippen LogP contribution in [0.1, 0.15) is 32.3 Å². The topological polar surface area (TPSA) is 70.3 Å². The molecule has 1 N–H and O–H groups in total. The Morgan fingerprint density at radius 2 is 1.59 bits per heavy atom. The maximum Gasteiger partial charge on any atom is 0.222 e. The predicted molar refractivity (Wildman–Crippen MR) is 137 cm³/mol. The molecule has 0 aliphatic rings. The summed E-state index contributed by atoms with van der Waals surface area (Å²) in [6, 6.07) is 21.5. The van der Waals surface area contributed by atoms with Gasteiger partial charge in [0.25, 0.3) is 0 Å². The van der Waals surface area contributed by atoms with Crippen molar-refractivity contribution in [2.24, 2.45) is 0 Å². The Balaban J connectivity index is 0.000000631. The highest BCUT2D eigenvalue weighted by Gasteiger charge is 2.08. The summed E-state index contributed by atoms with van der Waals surface area (Å²) in [6.45, 7) is 4.56. The van der Waals surface area contributed by atoms with Crippen molar-refractivity contribution in [3.63, 3.8) is 0 Å². The van der Waals surface area contributed by atoms with Crippen LogP contribution in [0.5, 0.6) is 5.75 Å². The van der Waals surface area contributed by atoms with Crippen molar-refractivity contribution in [2.45, 2.75) is 26.7 Å². The fraction of sp³-hybridized carbons (Fsp3) is 0.259. The molecule has 0 heterocycles. The first kappa shape index (κ1) is 29.1. The summed E-state index contributed by atoms with van der Waals surface area (Å²) < 4.78 is 20.1. The first-order valence-corrected chi connectivity index (χ1v) is 11.8. The third-order valence-corrected chi connectivity index (χ3v) is 4.72. The number of carbonyl (C=O) groups excluding carboxylic acids is 1. The molecule has 0 aromatic heterocycles. The van der Waals surface area contributed by atoms with Gasteiger partial charge in [-0.25, -0.2) is 4.39 Å². The molecule has 0 aliphatic carbocycles. The lowest BCUT2D eigenvalue weighted by molar-refractivity contribution is -0.111. The number of hydrogen-bond donors (Lipinski definition) is 1. The maximum absolute atomic E-state index is 14.6. The quantitative estimate of drug-likeness (QED) is 0.200. The summed E-state index contributed by atoms with van der Waals surface area (Å²) in [6.07, 6.45) is 0.854. The lowest BCUT2D eigenvalue weighted by atomic mass is 9.99. The van der Waals surface area contributed by atoms with Gasteiger partial charge in [-0.2, -0.15) is 5.26 Å². The summed E-state index contributed by atoms with van der Waals surface area (Å²) in [7, 11) is 0. The van der Waals surface area contributed by atoms with Crippen LogP contribution < -0.4 is 4.74 Å². The SMILES string of the molecule is CC.N#Cc1ccc(-c2ccc(-c3ccc(OCCCO)cc3)cc2F)cc1.O=C(Cl)CCCl. The average molecular weight is 504 g/mol. The highest BCUT2D eigenvalue weighted by molar-refractivity contribution is 6.63. The van der Waals surface area contributed by atoms with E-state index in [-0.39, 0.29) is 24.1 Å². The maximum atomic E-state index is 14.6. The minimum Gasteiger partial charge on any atom is -0.494 e. The van der Waals surface area contributed by atoms with E-state index in [2.05, 4.69) is 6.07 Å². The molecule has 7 heteroatoms. The monoisotopic (exact) mass is 503 g/mol. The zero-order valence-corrected chi connectivity index (χ0v) is 20.7. The van der Waals surface area contributed by atoms with E-state index in [1.165, 1.54) is 6.07 Å². The molecule has 3 rings (SSSR count). The molecule has 3 aromatic carbocycles. The smallest absolute Gasteiger partial charge is 0.222 e. The summed E-state index contributed by atoms with van der Waals surface area (Å²) in [5, 5.41) is 17.2. The molecule has 0 atom stereocenters. The van der Waals surface area contributed by atoms with E-state index >= 15 is 0 Å². The molecule has 0 amide bonds. The van der Waals surface area contributed by atoms with E-state index in [0.717, 1.165) is 22.4 Å². The lowest BCUT2D eigenvalue weighted by Gasteiger charge is -2.09. The molecule has 180 valence electrons. The first-order valence-electron chi connectivity index (χ1n) is 10.9. The molecule has 3 aromatic rings. The van der Waals surface area contributed by atoms with E-state index in [1.807, 2.05) is 44.2 Å². The molecule has 0 radical (unpaired) electrons. The Kier molecular flexibility index (Phi) is 14.3. The standard InChI is InChI=1S/C22H18FNO2.C3H4Cl2O.C2H6/c23-22-14-19(17-6-9-20(10-7-17)26-13-1-12-25)8-11-21(22)18-4-2-16(15-24)3-5-18;4-2-1-3(5)6;1-2/h2-11,14,25H,1,12-13H2;1-2H2;1-2H3. The lowest BCUT2D eigenvalue weighted by Crippen LogP contribution is -1.99. The highest BCUT2D eigenvalue weighted by atomic mass is 35.5. The van der Waals surface area contributed by atoms with Gasteiger partial charge in [-0.05, 0) is 58.6 Å². The van der Waals surface area contributed by atoms with Crippen LogP contribution in [0.15, 0.2) is 66.7 Å². The number of nitriles is 1. The Labute approximate surface area is 210 Å². The summed E-state index contributed by atoms with van der Waals surface area (Å²) in [5.74, 6) is 0.731. The van der Waals surface area contributed by atoms with E-state index < -0.39 is 0 Å². The predicted octanol–water partition coefficient (Wildman–Crippen LogP) is 7.20. The van der Waals surface area contributed by atoms with Gasteiger partial charge >= 0.3 is 0 Å². The van der Waals surface area contributed by atoms with Gasteiger partial charge in [0.2, 0.25) is 5.24 Å². The first-order chi connectivity index (χ1) is 16.5. The largest absolute Gasteiger partial charge is 0.494 e. The molecule has 0 saturated carbocycles. The van der Waals surface area contributed by atoms with Crippen LogP contribution >= 0.6 is 23.2 Å². The number of nitrogens with zero attached hydrogens (tertiary/aromatic N) is 1. The van der Waals surface area contributed by atoms with Crippen molar-refractivity contribution in [2.75, 3.05) is 19.1 Å². The summed E-state index contributed by atoms with van der Waals surface area (Å²) in [4.78, 5) is 9.72. The van der Waals surface area contributed by atoms with Gasteiger partial charge in [0.1, 0.15) is 11.6 Å². The zero-order valence-electron chi connectivity index (χ0n) is 19.2. The van der Waals surface area contributed by atoms with Crippen LogP contribution in [0.25, 0.3) is 22.3 Å². The van der Waals surface area contributed by atoms with Gasteiger partial charge in [0.05, 0.1) is 18.2 Å². The fourth-order valence-electron chi connectivity index (χ4n) is 2.73. The minimum absolute atomic E-state index is 0.100. The van der Waals surface area contributed by atoms with Gasteiger partial charge in [0, 0.05) is 30.9 Å². The number of alkyl halides is 1. The molecule has 4 nitrogen and oxygen atoms in total. The van der Waals surface area contributed by atoms with Gasteiger partial charge < -0.3 is 9.84 Å². The third kappa shape index (κ3) is 9.93. The molecule has 0 unspecified atom stereocenters. The number of benzene rings is 3. The van der Waals surface area contributed by atoms with Gasteiger partial charge in [-0.1, -0.05) is 50.2 Å². The van der Waals surface area contributed by atoms with Crippen molar-refractivity contribution >= 4 is 28.4 Å². The minimum atomic E-state index is -0.370. The number of rotatable bonds is 8. The van der Waals surface area contributed by atoms with Crippen molar-refractivity contribution < 1.29 is 19.0 Å². The van der Waals surface area contributed by atoms with E-state index in [4.69, 9.17) is 38.3 Å². The number of aliphatic hydroxyl groups is 1. The second-order valence-electron chi connectivity index (χ2n) is 6.63. The molecule has 0 aliphatic heterocycles. The number of hydrogen-bond acceptors (Lipinski definition) is 4. The molecule has 0 fully saturated rings. The van der Waals surface area contributed by atoms with Gasteiger partial charge in [-0.15, -0.1) is 11.6 Å². The van der Waals surface area contributed by atoms with Crippen LogP contribution in [0.2, 0.25) is 0 Å². The second-order valence-corrected chi connectivity index (χ2v) is 7.43. The van der Waals surface area contributed by atoms with Gasteiger partial charge in [0.15, 0.2) is 0 Å². The van der Waals surface area contributed by atoms with Crippen LogP contribution in [0.3, 0.4) is 0 Å². The molecule has 0 saturated heterocycles. The second kappa shape index (κ2) is 16.7. The van der Waals surface area contributed by atoms with E-state index in [1.54, 1.807) is 30.3 Å². The van der Waals surface area contributed by atoms with Crippen molar-refractivity contribution in [1.29, 1.82) is 5.26 Å².